The van der Waals surface area contributed by atoms with Crippen LogP contribution in [0.2, 0.25) is 0 Å². The second-order valence-corrected chi connectivity index (χ2v) is 7.32. The van der Waals surface area contributed by atoms with Gasteiger partial charge in [-0.1, -0.05) is 12.1 Å². The first-order valence-corrected chi connectivity index (χ1v) is 9.49. The van der Waals surface area contributed by atoms with Crippen LogP contribution in [0.3, 0.4) is 0 Å². The van der Waals surface area contributed by atoms with E-state index in [1.807, 2.05) is 0 Å². The maximum absolute atomic E-state index is 13.4. The summed E-state index contributed by atoms with van der Waals surface area (Å²) in [4.78, 5) is 24.2. The molecule has 1 aromatic carbocycles. The first-order chi connectivity index (χ1) is 15.6. The Balaban J connectivity index is 1.64. The predicted molar refractivity (Wildman–Crippen MR) is 97.9 cm³/mol. The fourth-order valence-electron chi connectivity index (χ4n) is 3.95. The average Bonchev–Trinajstić information content (AvgIpc) is 3.49. The van der Waals surface area contributed by atoms with Gasteiger partial charge in [0.05, 0.1) is 17.6 Å². The summed E-state index contributed by atoms with van der Waals surface area (Å²) in [6.07, 6.45) is -7.59. The molecule has 1 aliphatic heterocycles. The molecule has 172 valence electrons. The van der Waals surface area contributed by atoms with Crippen molar-refractivity contribution in [1.82, 2.24) is 19.9 Å². The van der Waals surface area contributed by atoms with E-state index in [4.69, 9.17) is 8.83 Å². The Hall–Kier alpha value is -3.77. The van der Waals surface area contributed by atoms with Gasteiger partial charge in [-0.25, -0.2) is 9.97 Å². The molecule has 7 nitrogen and oxygen atoms in total. The second kappa shape index (κ2) is 7.12. The number of oxazole rings is 1. The molecule has 0 fully saturated rings. The summed E-state index contributed by atoms with van der Waals surface area (Å²) in [6.45, 7) is -0.0696. The molecular formula is C20H12F6N4O3. The Morgan fingerprint density at radius 2 is 1.91 bits per heavy atom. The number of carbonyl (C=O) groups is 1. The SMILES string of the molecule is O=C(c1ocnc1C(F)(F)F)N1CCc2[nH]cnc2[C@@H]1c1cc2cccc(C(F)(F)F)c2o1. The van der Waals surface area contributed by atoms with Crippen molar-refractivity contribution in [3.63, 3.8) is 0 Å². The molecule has 1 N–H and O–H groups in total. The number of fused-ring (bicyclic) bond motifs is 2. The van der Waals surface area contributed by atoms with Gasteiger partial charge in [-0.15, -0.1) is 0 Å². The van der Waals surface area contributed by atoms with E-state index in [0.717, 1.165) is 11.0 Å². The number of halogens is 6. The molecule has 0 saturated heterocycles. The normalized spacial score (nSPS) is 16.9. The number of hydrogen-bond donors (Lipinski definition) is 1. The zero-order valence-electron chi connectivity index (χ0n) is 16.3. The number of benzene rings is 1. The van der Waals surface area contributed by atoms with E-state index in [0.29, 0.717) is 12.1 Å². The summed E-state index contributed by atoms with van der Waals surface area (Å²) in [6, 6.07) is 3.58. The number of nitrogens with zero attached hydrogens (tertiary/aromatic N) is 3. The molecule has 0 saturated carbocycles. The fraction of sp³-hybridized carbons (Fsp3) is 0.250. The number of amides is 1. The van der Waals surface area contributed by atoms with Crippen molar-refractivity contribution in [3.8, 4) is 0 Å². The van der Waals surface area contributed by atoms with Gasteiger partial charge in [0.2, 0.25) is 5.76 Å². The summed E-state index contributed by atoms with van der Waals surface area (Å²) >= 11 is 0. The highest BCUT2D eigenvalue weighted by atomic mass is 19.4. The molecule has 0 unspecified atom stereocenters. The van der Waals surface area contributed by atoms with Gasteiger partial charge >= 0.3 is 12.4 Å². The molecular weight excluding hydrogens is 458 g/mol. The molecule has 0 spiro atoms. The van der Waals surface area contributed by atoms with Crippen molar-refractivity contribution in [2.45, 2.75) is 24.8 Å². The molecule has 13 heteroatoms. The van der Waals surface area contributed by atoms with Crippen LogP contribution in [0, 0.1) is 0 Å². The third kappa shape index (κ3) is 3.43. The lowest BCUT2D eigenvalue weighted by Gasteiger charge is -2.33. The van der Waals surface area contributed by atoms with Crippen molar-refractivity contribution < 1.29 is 40.0 Å². The maximum atomic E-state index is 13.4. The number of H-pyrrole nitrogens is 1. The molecule has 0 radical (unpaired) electrons. The lowest BCUT2D eigenvalue weighted by molar-refractivity contribution is -0.141. The minimum Gasteiger partial charge on any atom is -0.458 e. The summed E-state index contributed by atoms with van der Waals surface area (Å²) in [7, 11) is 0. The van der Waals surface area contributed by atoms with E-state index in [2.05, 4.69) is 15.0 Å². The zero-order valence-corrected chi connectivity index (χ0v) is 16.3. The van der Waals surface area contributed by atoms with E-state index in [-0.39, 0.29) is 29.8 Å². The second-order valence-electron chi connectivity index (χ2n) is 7.32. The van der Waals surface area contributed by atoms with E-state index < -0.39 is 46.9 Å². The minimum absolute atomic E-state index is 0.0696. The highest BCUT2D eigenvalue weighted by Crippen LogP contribution is 2.41. The number of aromatic nitrogens is 3. The quantitative estimate of drug-likeness (QED) is 0.418. The minimum atomic E-state index is -4.94. The molecule has 1 aliphatic rings. The molecule has 1 atom stereocenters. The van der Waals surface area contributed by atoms with Crippen LogP contribution in [0.25, 0.3) is 11.0 Å². The predicted octanol–water partition coefficient (Wildman–Crippen LogP) is 4.97. The van der Waals surface area contributed by atoms with Crippen LogP contribution in [0.4, 0.5) is 26.3 Å². The van der Waals surface area contributed by atoms with Crippen LogP contribution in [-0.4, -0.2) is 32.3 Å². The molecule has 5 rings (SSSR count). The van der Waals surface area contributed by atoms with Crippen LogP contribution in [0.1, 0.15) is 45.0 Å². The van der Waals surface area contributed by atoms with Gasteiger partial charge in [0.25, 0.3) is 5.91 Å². The number of furan rings is 1. The van der Waals surface area contributed by atoms with Crippen molar-refractivity contribution in [1.29, 1.82) is 0 Å². The monoisotopic (exact) mass is 470 g/mol. The molecule has 1 amide bonds. The number of aromatic amines is 1. The third-order valence-corrected chi connectivity index (χ3v) is 5.35. The summed E-state index contributed by atoms with van der Waals surface area (Å²) in [5.74, 6) is -2.26. The Labute approximate surface area is 180 Å². The lowest BCUT2D eigenvalue weighted by atomic mass is 9.99. The van der Waals surface area contributed by atoms with Gasteiger partial charge in [-0.2, -0.15) is 26.3 Å². The third-order valence-electron chi connectivity index (χ3n) is 5.35. The molecule has 4 heterocycles. The van der Waals surface area contributed by atoms with Crippen LogP contribution >= 0.6 is 0 Å². The van der Waals surface area contributed by atoms with Gasteiger partial charge in [0, 0.05) is 24.0 Å². The van der Waals surface area contributed by atoms with Crippen LogP contribution in [0.5, 0.6) is 0 Å². The summed E-state index contributed by atoms with van der Waals surface area (Å²) in [5, 5.41) is 0.116. The number of rotatable bonds is 2. The Kier molecular flexibility index (Phi) is 4.55. The zero-order chi connectivity index (χ0) is 23.5. The molecule has 33 heavy (non-hydrogen) atoms. The molecule has 0 aliphatic carbocycles. The van der Waals surface area contributed by atoms with Crippen molar-refractivity contribution in [2.75, 3.05) is 6.54 Å². The van der Waals surface area contributed by atoms with E-state index in [9.17, 15) is 31.1 Å². The van der Waals surface area contributed by atoms with Crippen molar-refractivity contribution in [3.05, 3.63) is 71.2 Å². The van der Waals surface area contributed by atoms with Gasteiger partial charge < -0.3 is 18.7 Å². The highest BCUT2D eigenvalue weighted by Gasteiger charge is 2.44. The van der Waals surface area contributed by atoms with E-state index >= 15 is 0 Å². The topological polar surface area (TPSA) is 88.2 Å². The Morgan fingerprint density at radius 1 is 1.12 bits per heavy atom. The average molecular weight is 470 g/mol. The van der Waals surface area contributed by atoms with E-state index in [1.165, 1.54) is 24.5 Å². The fourth-order valence-corrected chi connectivity index (χ4v) is 3.95. The number of para-hydroxylation sites is 1. The highest BCUT2D eigenvalue weighted by molar-refractivity contribution is 5.93. The van der Waals surface area contributed by atoms with Gasteiger partial charge in [-0.05, 0) is 12.1 Å². The summed E-state index contributed by atoms with van der Waals surface area (Å²) < 4.78 is 90.5. The Bertz CT molecular complexity index is 1350. The summed E-state index contributed by atoms with van der Waals surface area (Å²) in [5.41, 5.74) is -2.14. The molecule has 4 aromatic rings. The van der Waals surface area contributed by atoms with Crippen molar-refractivity contribution in [2.24, 2.45) is 0 Å². The number of imidazole rings is 1. The molecule has 0 bridgehead atoms. The number of carbonyl (C=O) groups excluding carboxylic acids is 1. The van der Waals surface area contributed by atoms with Crippen LogP contribution < -0.4 is 0 Å². The lowest BCUT2D eigenvalue weighted by Crippen LogP contribution is -2.41. The van der Waals surface area contributed by atoms with Gasteiger partial charge in [0.1, 0.15) is 17.4 Å². The van der Waals surface area contributed by atoms with Crippen molar-refractivity contribution >= 4 is 16.9 Å². The largest absolute Gasteiger partial charge is 0.458 e. The van der Waals surface area contributed by atoms with Gasteiger partial charge in [-0.3, -0.25) is 4.79 Å². The van der Waals surface area contributed by atoms with Crippen LogP contribution in [-0.2, 0) is 18.8 Å². The standard InChI is InChI=1S/C20H12F6N4O3/c21-19(22,23)10-3-1-2-9-6-12(33-15(9)10)14-13-11(27-7-28-13)4-5-30(14)18(31)16-17(20(24,25)26)29-8-32-16/h1-3,6-8,14H,4-5H2,(H,27,28)/t14-/m0/s1. The van der Waals surface area contributed by atoms with E-state index in [1.54, 1.807) is 0 Å². The molecule has 3 aromatic heterocycles. The first kappa shape index (κ1) is 21.1. The smallest absolute Gasteiger partial charge is 0.437 e. The number of alkyl halides is 6. The number of nitrogens with one attached hydrogen (secondary N) is 1. The van der Waals surface area contributed by atoms with Crippen LogP contribution in [0.15, 0.2) is 45.8 Å². The Morgan fingerprint density at radius 3 is 2.64 bits per heavy atom. The first-order valence-electron chi connectivity index (χ1n) is 9.49. The maximum Gasteiger partial charge on any atom is 0.437 e. The van der Waals surface area contributed by atoms with Gasteiger partial charge in [0.15, 0.2) is 12.1 Å². The number of hydrogen-bond acceptors (Lipinski definition) is 5.